The molecule has 2 aliphatic heterocycles. The predicted molar refractivity (Wildman–Crippen MR) is 205 cm³/mol. The number of esters is 2. The Bertz CT molecular complexity index is 2140. The number of hydrogen-bond donors (Lipinski definition) is 4. The van der Waals surface area contributed by atoms with Crippen molar-refractivity contribution in [2.24, 2.45) is 0 Å². The third kappa shape index (κ3) is 6.96. The van der Waals surface area contributed by atoms with Gasteiger partial charge >= 0.3 is 11.9 Å². The summed E-state index contributed by atoms with van der Waals surface area (Å²) < 4.78 is 9.99. The van der Waals surface area contributed by atoms with Crippen molar-refractivity contribution >= 4 is 56.3 Å². The summed E-state index contributed by atoms with van der Waals surface area (Å²) in [6, 6.07) is 16.2. The molecule has 4 aromatic rings. The van der Waals surface area contributed by atoms with Gasteiger partial charge in [-0.3, -0.25) is 9.59 Å². The fourth-order valence-corrected chi connectivity index (χ4v) is 7.40. The van der Waals surface area contributed by atoms with E-state index in [0.717, 1.165) is 101 Å². The number of carbonyl (C=O) groups is 2. The molecule has 4 N–H and O–H groups in total. The maximum absolute atomic E-state index is 12.3. The number of ether oxygens (including phenoxy) is 2. The summed E-state index contributed by atoms with van der Waals surface area (Å²) >= 11 is 0. The number of aliphatic hydroxyl groups excluding tert-OH is 2. The zero-order chi connectivity index (χ0) is 37.1. The number of carbonyl (C=O) groups excluding carboxylic acids is 2. The number of hydrogen-bond acceptors (Lipinski definition) is 8. The van der Waals surface area contributed by atoms with Gasteiger partial charge in [0.2, 0.25) is 0 Å². The number of methoxy groups -OCH3 is 2. The number of aromatic nitrogens is 4. The van der Waals surface area contributed by atoms with Gasteiger partial charge in [0.1, 0.15) is 0 Å². The third-order valence-corrected chi connectivity index (χ3v) is 10.3. The van der Waals surface area contributed by atoms with Crippen LogP contribution in [0.5, 0.6) is 0 Å². The Morgan fingerprint density at radius 2 is 1.08 bits per heavy atom. The average Bonchev–Trinajstić information content (AvgIpc) is 3.81. The maximum atomic E-state index is 12.3. The second-order valence-electron chi connectivity index (χ2n) is 13.3. The molecular weight excluding hydrogens is 656 g/mol. The molecule has 0 aliphatic carbocycles. The van der Waals surface area contributed by atoms with Gasteiger partial charge in [-0.05, 0) is 122 Å². The monoisotopic (exact) mass is 702 g/mol. The molecular formula is C42H46N4O6. The first-order valence-electron chi connectivity index (χ1n) is 17.7. The number of allylic oxidation sites excluding steroid dienone is 2. The lowest BCUT2D eigenvalue weighted by molar-refractivity contribution is -0.141. The van der Waals surface area contributed by atoms with Crippen LogP contribution in [0.4, 0.5) is 0 Å². The predicted octanol–water partition coefficient (Wildman–Crippen LogP) is 7.44. The Balaban J connectivity index is 1.81. The maximum Gasteiger partial charge on any atom is 0.305 e. The van der Waals surface area contributed by atoms with Gasteiger partial charge in [-0.25, -0.2) is 9.97 Å². The Kier molecular flexibility index (Phi) is 10.9. The van der Waals surface area contributed by atoms with Crippen molar-refractivity contribution in [1.82, 2.24) is 19.9 Å². The summed E-state index contributed by atoms with van der Waals surface area (Å²) in [6.45, 7) is 8.06. The minimum Gasteiger partial charge on any atom is -0.469 e. The van der Waals surface area contributed by atoms with Crippen LogP contribution in [-0.4, -0.2) is 69.5 Å². The summed E-state index contributed by atoms with van der Waals surface area (Å²) in [5.74, 6) is -0.603. The fourth-order valence-electron chi connectivity index (χ4n) is 7.40. The van der Waals surface area contributed by atoms with Crippen LogP contribution in [0, 0.1) is 13.8 Å². The van der Waals surface area contributed by atoms with Gasteiger partial charge < -0.3 is 29.7 Å². The van der Waals surface area contributed by atoms with Gasteiger partial charge in [0.25, 0.3) is 0 Å². The molecule has 5 heterocycles. The summed E-state index contributed by atoms with van der Waals surface area (Å²) in [6.07, 6.45) is 2.13. The molecule has 10 heteroatoms. The molecule has 52 heavy (non-hydrogen) atoms. The van der Waals surface area contributed by atoms with Gasteiger partial charge in [0.05, 0.1) is 37.0 Å². The first-order chi connectivity index (χ1) is 25.1. The number of nitrogens with one attached hydrogen (secondary N) is 2. The first kappa shape index (κ1) is 36.5. The van der Waals surface area contributed by atoms with Crippen molar-refractivity contribution in [3.63, 3.8) is 0 Å². The number of aromatic amines is 2. The Labute approximate surface area is 303 Å². The smallest absolute Gasteiger partial charge is 0.305 e. The van der Waals surface area contributed by atoms with E-state index in [4.69, 9.17) is 19.4 Å². The molecule has 10 nitrogen and oxygen atoms in total. The molecule has 0 radical (unpaired) electrons. The lowest BCUT2D eigenvalue weighted by Crippen LogP contribution is -2.02. The molecule has 3 aromatic heterocycles. The SMILES string of the molecule is COC(=O)CCc1c(C)c2cc3nc(c(-c4ccccc4)c4nc(cc5[nH]c(cc1[nH]2)c(CCC(=O)OC)c5C)C(CCO)=C4C)C(C)=C3CCO. The van der Waals surface area contributed by atoms with Crippen molar-refractivity contribution in [2.45, 2.75) is 66.2 Å². The lowest BCUT2D eigenvalue weighted by Gasteiger charge is -2.10. The van der Waals surface area contributed by atoms with Crippen LogP contribution >= 0.6 is 0 Å². The van der Waals surface area contributed by atoms with Crippen molar-refractivity contribution in [3.05, 3.63) is 93.6 Å². The number of rotatable bonds is 11. The largest absolute Gasteiger partial charge is 0.469 e. The van der Waals surface area contributed by atoms with Gasteiger partial charge in [-0.15, -0.1) is 0 Å². The minimum atomic E-state index is -0.301. The molecule has 0 amide bonds. The average molecular weight is 703 g/mol. The van der Waals surface area contributed by atoms with Gasteiger partial charge in [-0.2, -0.15) is 0 Å². The second kappa shape index (κ2) is 15.5. The zero-order valence-electron chi connectivity index (χ0n) is 30.7. The highest BCUT2D eigenvalue weighted by Gasteiger charge is 2.27. The summed E-state index contributed by atoms with van der Waals surface area (Å²) in [4.78, 5) is 42.5. The molecule has 0 unspecified atom stereocenters. The molecule has 270 valence electrons. The van der Waals surface area contributed by atoms with Crippen molar-refractivity contribution in [1.29, 1.82) is 0 Å². The van der Waals surface area contributed by atoms with E-state index in [1.54, 1.807) is 0 Å². The molecule has 0 fully saturated rings. The number of fused-ring (bicyclic) bond motifs is 8. The minimum absolute atomic E-state index is 0.0450. The van der Waals surface area contributed by atoms with Crippen LogP contribution in [0.25, 0.3) is 55.5 Å². The third-order valence-electron chi connectivity index (χ3n) is 10.3. The summed E-state index contributed by atoms with van der Waals surface area (Å²) in [7, 11) is 2.78. The summed E-state index contributed by atoms with van der Waals surface area (Å²) in [5.41, 5.74) is 15.8. The van der Waals surface area contributed by atoms with E-state index in [1.807, 2.05) is 64.1 Å². The molecule has 0 atom stereocenters. The highest BCUT2D eigenvalue weighted by atomic mass is 16.5. The topological polar surface area (TPSA) is 150 Å². The van der Waals surface area contributed by atoms with Gasteiger partial charge in [-0.1, -0.05) is 30.3 Å². The molecule has 0 saturated heterocycles. The fraction of sp³-hybridized carbons (Fsp3) is 0.333. The number of aliphatic hydroxyl groups is 2. The zero-order valence-corrected chi connectivity index (χ0v) is 30.7. The van der Waals surface area contributed by atoms with E-state index in [0.29, 0.717) is 25.7 Å². The van der Waals surface area contributed by atoms with Crippen LogP contribution in [-0.2, 0) is 31.9 Å². The normalized spacial score (nSPS) is 12.8. The molecule has 6 rings (SSSR count). The molecule has 0 saturated carbocycles. The highest BCUT2D eigenvalue weighted by Crippen LogP contribution is 2.43. The van der Waals surface area contributed by atoms with Crippen LogP contribution in [0.2, 0.25) is 0 Å². The molecule has 1 aromatic carbocycles. The van der Waals surface area contributed by atoms with E-state index in [9.17, 15) is 19.8 Å². The Morgan fingerprint density at radius 3 is 1.48 bits per heavy atom. The van der Waals surface area contributed by atoms with Crippen LogP contribution in [0.15, 0.2) is 48.5 Å². The van der Waals surface area contributed by atoms with Crippen LogP contribution in [0.3, 0.4) is 0 Å². The van der Waals surface area contributed by atoms with Crippen LogP contribution in [0.1, 0.15) is 84.6 Å². The second-order valence-corrected chi connectivity index (χ2v) is 13.3. The number of H-pyrrole nitrogens is 2. The number of nitrogens with zero attached hydrogens (tertiary/aromatic N) is 2. The Morgan fingerprint density at radius 1 is 0.635 bits per heavy atom. The highest BCUT2D eigenvalue weighted by molar-refractivity contribution is 6.02. The van der Waals surface area contributed by atoms with Gasteiger partial charge in [0, 0.05) is 53.7 Å². The van der Waals surface area contributed by atoms with Crippen molar-refractivity contribution in [3.8, 4) is 11.1 Å². The Hall–Kier alpha value is -5.32. The van der Waals surface area contributed by atoms with E-state index in [2.05, 4.69) is 22.1 Å². The van der Waals surface area contributed by atoms with E-state index in [1.165, 1.54) is 14.2 Å². The van der Waals surface area contributed by atoms with Crippen LogP contribution < -0.4 is 0 Å². The standard InChI is InChI=1S/C42H46N4O6/c1-23-28(12-14-38(49)51-5)34-22-35-29(13-15-39(50)52-6)24(2)33(44-35)21-37-31(17-19-48)26(4)42(46-37)40(27-10-8-7-9-11-27)41-25(3)30(16-18-47)36(45-41)20-32(23)43-34/h7-11,20-22,43-44,47-48H,12-19H2,1-6H3. The first-order valence-corrected chi connectivity index (χ1v) is 17.7. The number of benzene rings is 1. The number of aryl methyl sites for hydroxylation is 4. The van der Waals surface area contributed by atoms with E-state index < -0.39 is 0 Å². The lowest BCUT2D eigenvalue weighted by atomic mass is 9.93. The molecule has 2 aliphatic rings. The molecule has 0 spiro atoms. The quantitative estimate of drug-likeness (QED) is 0.118. The van der Waals surface area contributed by atoms with Crippen molar-refractivity contribution in [2.75, 3.05) is 27.4 Å². The van der Waals surface area contributed by atoms with Crippen molar-refractivity contribution < 1.29 is 29.3 Å². The summed E-state index contributed by atoms with van der Waals surface area (Å²) in [5, 5.41) is 20.5. The van der Waals surface area contributed by atoms with E-state index >= 15 is 0 Å². The van der Waals surface area contributed by atoms with Gasteiger partial charge in [0.15, 0.2) is 0 Å². The van der Waals surface area contributed by atoms with E-state index in [-0.39, 0.29) is 38.0 Å². The molecule has 8 bridgehead atoms.